The normalized spacial score (nSPS) is 23.9. The fourth-order valence-electron chi connectivity index (χ4n) is 6.60. The molecule has 2 aromatic carbocycles. The van der Waals surface area contributed by atoms with E-state index in [1.54, 1.807) is 7.11 Å². The van der Waals surface area contributed by atoms with Crippen molar-refractivity contribution in [1.29, 1.82) is 0 Å². The molecule has 1 spiro atoms. The van der Waals surface area contributed by atoms with Crippen molar-refractivity contribution in [2.45, 2.75) is 64.1 Å². The number of benzene rings is 2. The molecular formula is C29H40ClN3O. The molecule has 1 unspecified atom stereocenters. The molecule has 34 heavy (non-hydrogen) atoms. The van der Waals surface area contributed by atoms with E-state index in [0.717, 1.165) is 37.0 Å². The maximum atomic E-state index is 6.58. The first kappa shape index (κ1) is 24.1. The Morgan fingerprint density at radius 1 is 1.06 bits per heavy atom. The number of nitrogens with zero attached hydrogens (tertiary/aromatic N) is 2. The molecule has 4 nitrogen and oxygen atoms in total. The smallest absolute Gasteiger partial charge is 0.118 e. The summed E-state index contributed by atoms with van der Waals surface area (Å²) in [6.07, 6.45) is 5.42. The van der Waals surface area contributed by atoms with Crippen LogP contribution >= 0.6 is 11.6 Å². The minimum absolute atomic E-state index is 0.396. The highest BCUT2D eigenvalue weighted by molar-refractivity contribution is 6.30. The van der Waals surface area contributed by atoms with Gasteiger partial charge in [0.25, 0.3) is 0 Å². The Kier molecular flexibility index (Phi) is 7.22. The Labute approximate surface area is 210 Å². The van der Waals surface area contributed by atoms with Crippen LogP contribution in [0.2, 0.25) is 5.02 Å². The summed E-state index contributed by atoms with van der Waals surface area (Å²) in [5.41, 5.74) is 4.82. The maximum Gasteiger partial charge on any atom is 0.118 e. The van der Waals surface area contributed by atoms with Crippen molar-refractivity contribution >= 4 is 11.6 Å². The third-order valence-electron chi connectivity index (χ3n) is 8.57. The molecule has 3 fully saturated rings. The number of piperidine rings is 1. The van der Waals surface area contributed by atoms with Crippen LogP contribution in [-0.4, -0.2) is 55.7 Å². The molecule has 0 amide bonds. The lowest BCUT2D eigenvalue weighted by atomic mass is 9.60. The van der Waals surface area contributed by atoms with E-state index in [2.05, 4.69) is 71.4 Å². The van der Waals surface area contributed by atoms with Gasteiger partial charge in [0, 0.05) is 43.3 Å². The Bertz CT molecular complexity index is 962. The molecule has 1 saturated carbocycles. The summed E-state index contributed by atoms with van der Waals surface area (Å²) < 4.78 is 5.35. The van der Waals surface area contributed by atoms with Gasteiger partial charge in [-0.1, -0.05) is 43.6 Å². The second-order valence-electron chi connectivity index (χ2n) is 11.1. The molecular weight excluding hydrogens is 442 g/mol. The summed E-state index contributed by atoms with van der Waals surface area (Å²) in [6.45, 7) is 11.3. The Balaban J connectivity index is 1.38. The molecule has 0 radical (unpaired) electrons. The quantitative estimate of drug-likeness (QED) is 0.559. The zero-order chi connectivity index (χ0) is 23.7. The average molecular weight is 482 g/mol. The lowest BCUT2D eigenvalue weighted by Crippen LogP contribution is -2.59. The van der Waals surface area contributed by atoms with Gasteiger partial charge in [-0.3, -0.25) is 9.80 Å². The second-order valence-corrected chi connectivity index (χ2v) is 11.5. The SMILES string of the molecule is COc1ccc(CN2CCN(C3CC4(CCNCC4)C3)C(c3cc(Cl)ccc3C(C)C)C2)cc1. The third-order valence-corrected chi connectivity index (χ3v) is 8.81. The molecule has 1 atom stereocenters. The summed E-state index contributed by atoms with van der Waals surface area (Å²) in [5.74, 6) is 1.41. The molecule has 0 bridgehead atoms. The highest BCUT2D eigenvalue weighted by atomic mass is 35.5. The van der Waals surface area contributed by atoms with Gasteiger partial charge in [0.2, 0.25) is 0 Å². The molecule has 0 aromatic heterocycles. The van der Waals surface area contributed by atoms with Crippen LogP contribution in [0.1, 0.15) is 68.2 Å². The van der Waals surface area contributed by atoms with Crippen molar-refractivity contribution in [2.24, 2.45) is 5.41 Å². The first-order chi connectivity index (χ1) is 16.5. The van der Waals surface area contributed by atoms with Gasteiger partial charge >= 0.3 is 0 Å². The molecule has 2 heterocycles. The first-order valence-electron chi connectivity index (χ1n) is 13.1. The van der Waals surface area contributed by atoms with Crippen LogP contribution in [0.3, 0.4) is 0 Å². The fraction of sp³-hybridized carbons (Fsp3) is 0.586. The van der Waals surface area contributed by atoms with Gasteiger partial charge < -0.3 is 10.1 Å². The van der Waals surface area contributed by atoms with Gasteiger partial charge in [-0.15, -0.1) is 0 Å². The van der Waals surface area contributed by atoms with Gasteiger partial charge in [0.1, 0.15) is 5.75 Å². The van der Waals surface area contributed by atoms with Crippen LogP contribution in [0.4, 0.5) is 0 Å². The summed E-state index contributed by atoms with van der Waals surface area (Å²) in [4.78, 5) is 5.47. The lowest BCUT2D eigenvalue weighted by Gasteiger charge is -2.57. The first-order valence-corrected chi connectivity index (χ1v) is 13.5. The predicted molar refractivity (Wildman–Crippen MR) is 141 cm³/mol. The molecule has 5 rings (SSSR count). The van der Waals surface area contributed by atoms with E-state index in [-0.39, 0.29) is 0 Å². The molecule has 5 heteroatoms. The minimum atomic E-state index is 0.396. The Hall–Kier alpha value is -1.59. The summed E-state index contributed by atoms with van der Waals surface area (Å²) in [5, 5.41) is 4.41. The summed E-state index contributed by atoms with van der Waals surface area (Å²) in [7, 11) is 1.73. The molecule has 2 aromatic rings. The number of piperazine rings is 1. The van der Waals surface area contributed by atoms with Crippen molar-refractivity contribution in [3.05, 3.63) is 64.2 Å². The van der Waals surface area contributed by atoms with E-state index in [1.165, 1.54) is 55.5 Å². The van der Waals surface area contributed by atoms with Gasteiger partial charge in [0.05, 0.1) is 7.11 Å². The molecule has 2 saturated heterocycles. The van der Waals surface area contributed by atoms with Crippen LogP contribution in [0.25, 0.3) is 0 Å². The van der Waals surface area contributed by atoms with Crippen LogP contribution in [-0.2, 0) is 6.54 Å². The van der Waals surface area contributed by atoms with Crippen LogP contribution in [0.15, 0.2) is 42.5 Å². The van der Waals surface area contributed by atoms with Gasteiger partial charge in [-0.25, -0.2) is 0 Å². The predicted octanol–water partition coefficient (Wildman–Crippen LogP) is 5.86. The maximum absolute atomic E-state index is 6.58. The standard InChI is InChI=1S/C29H40ClN3O/c1-21(2)26-9-6-23(30)16-27(26)28-20-32(19-22-4-7-25(34-3)8-5-22)14-15-33(28)24-17-29(18-24)10-12-31-13-11-29/h4-9,16,21,24,28,31H,10-15,17-20H2,1-3H3. The minimum Gasteiger partial charge on any atom is -0.497 e. The van der Waals surface area contributed by atoms with Gasteiger partial charge in [0.15, 0.2) is 0 Å². The van der Waals surface area contributed by atoms with E-state index in [9.17, 15) is 0 Å². The zero-order valence-corrected chi connectivity index (χ0v) is 21.8. The van der Waals surface area contributed by atoms with Crippen molar-refractivity contribution < 1.29 is 4.74 Å². The van der Waals surface area contributed by atoms with Crippen LogP contribution in [0.5, 0.6) is 5.75 Å². The van der Waals surface area contributed by atoms with E-state index in [4.69, 9.17) is 16.3 Å². The van der Waals surface area contributed by atoms with Crippen molar-refractivity contribution in [1.82, 2.24) is 15.1 Å². The topological polar surface area (TPSA) is 27.7 Å². The molecule has 184 valence electrons. The zero-order valence-electron chi connectivity index (χ0n) is 21.0. The Morgan fingerprint density at radius 2 is 1.79 bits per heavy atom. The largest absolute Gasteiger partial charge is 0.497 e. The Morgan fingerprint density at radius 3 is 2.47 bits per heavy atom. The second kappa shape index (κ2) is 10.2. The average Bonchev–Trinajstić information content (AvgIpc) is 2.83. The lowest BCUT2D eigenvalue weighted by molar-refractivity contribution is -0.0650. The van der Waals surface area contributed by atoms with Crippen LogP contribution in [0, 0.1) is 5.41 Å². The number of nitrogens with one attached hydrogen (secondary N) is 1. The molecule has 3 aliphatic rings. The van der Waals surface area contributed by atoms with Gasteiger partial charge in [-0.2, -0.15) is 0 Å². The molecule has 2 aliphatic heterocycles. The third kappa shape index (κ3) is 5.02. The van der Waals surface area contributed by atoms with E-state index in [1.807, 2.05) is 0 Å². The number of methoxy groups -OCH3 is 1. The number of hydrogen-bond acceptors (Lipinski definition) is 4. The number of ether oxygens (including phenoxy) is 1. The number of hydrogen-bond donors (Lipinski definition) is 1. The van der Waals surface area contributed by atoms with E-state index < -0.39 is 0 Å². The highest BCUT2D eigenvalue weighted by Gasteiger charge is 2.49. The van der Waals surface area contributed by atoms with Crippen molar-refractivity contribution in [2.75, 3.05) is 39.8 Å². The van der Waals surface area contributed by atoms with E-state index >= 15 is 0 Å². The number of rotatable bonds is 6. The van der Waals surface area contributed by atoms with Crippen molar-refractivity contribution in [3.8, 4) is 5.75 Å². The highest BCUT2D eigenvalue weighted by Crippen LogP contribution is 2.52. The monoisotopic (exact) mass is 481 g/mol. The number of halogens is 1. The summed E-state index contributed by atoms with van der Waals surface area (Å²) >= 11 is 6.58. The van der Waals surface area contributed by atoms with E-state index in [0.29, 0.717) is 23.4 Å². The van der Waals surface area contributed by atoms with Crippen molar-refractivity contribution in [3.63, 3.8) is 0 Å². The molecule has 1 N–H and O–H groups in total. The summed E-state index contributed by atoms with van der Waals surface area (Å²) in [6, 6.07) is 16.2. The fourth-order valence-corrected chi connectivity index (χ4v) is 6.78. The van der Waals surface area contributed by atoms with Gasteiger partial charge in [-0.05, 0) is 91.1 Å². The molecule has 1 aliphatic carbocycles. The van der Waals surface area contributed by atoms with Crippen LogP contribution < -0.4 is 10.1 Å².